The Balaban J connectivity index is 0.000000396. The standard InChI is InChI=1S/C8H8N2O2.C6H16N2/c9-7(11)5-1-2-6(4-3-5)8(10)12;7-5-3-1-2-4-6-8/h1-4H,(H2,9,11)(H2,10,12);1-8H2/p+2. The second kappa shape index (κ2) is 11.0. The van der Waals surface area contributed by atoms with Crippen LogP contribution in [0.25, 0.3) is 0 Å². The van der Waals surface area contributed by atoms with Gasteiger partial charge in [0.25, 0.3) is 0 Å². The molecule has 0 unspecified atom stereocenters. The van der Waals surface area contributed by atoms with Gasteiger partial charge in [-0.1, -0.05) is 0 Å². The Kier molecular flexibility index (Phi) is 9.90. The molecule has 1 aromatic rings. The van der Waals surface area contributed by atoms with Crippen LogP contribution < -0.4 is 22.9 Å². The zero-order valence-corrected chi connectivity index (χ0v) is 11.9. The predicted molar refractivity (Wildman–Crippen MR) is 77.5 cm³/mol. The van der Waals surface area contributed by atoms with Crippen molar-refractivity contribution in [1.82, 2.24) is 0 Å². The number of quaternary nitrogens is 2. The van der Waals surface area contributed by atoms with Crippen molar-refractivity contribution in [1.29, 1.82) is 0 Å². The third-order valence-electron chi connectivity index (χ3n) is 2.70. The fourth-order valence-electron chi connectivity index (χ4n) is 1.51. The van der Waals surface area contributed by atoms with E-state index in [1.165, 1.54) is 49.9 Å². The van der Waals surface area contributed by atoms with E-state index in [1.807, 2.05) is 0 Å². The Hall–Kier alpha value is -1.92. The minimum absolute atomic E-state index is 0.361. The second-order valence-electron chi connectivity index (χ2n) is 4.43. The molecule has 20 heavy (non-hydrogen) atoms. The van der Waals surface area contributed by atoms with Gasteiger partial charge in [-0.25, -0.2) is 0 Å². The molecular weight excluding hydrogens is 256 g/mol. The fraction of sp³-hybridized carbons (Fsp3) is 0.429. The lowest BCUT2D eigenvalue weighted by Crippen LogP contribution is -2.50. The second-order valence-corrected chi connectivity index (χ2v) is 4.43. The molecule has 1 rings (SSSR count). The van der Waals surface area contributed by atoms with E-state index in [-0.39, 0.29) is 0 Å². The fourth-order valence-corrected chi connectivity index (χ4v) is 1.51. The Morgan fingerprint density at radius 1 is 0.750 bits per heavy atom. The van der Waals surface area contributed by atoms with Crippen molar-refractivity contribution < 1.29 is 21.1 Å². The third-order valence-corrected chi connectivity index (χ3v) is 2.70. The minimum Gasteiger partial charge on any atom is -0.366 e. The van der Waals surface area contributed by atoms with Gasteiger partial charge in [-0.2, -0.15) is 0 Å². The van der Waals surface area contributed by atoms with E-state index < -0.39 is 11.8 Å². The molecule has 10 N–H and O–H groups in total. The molecule has 0 bridgehead atoms. The van der Waals surface area contributed by atoms with Gasteiger partial charge in [0.1, 0.15) is 0 Å². The number of amides is 2. The van der Waals surface area contributed by atoms with Crippen LogP contribution in [-0.2, 0) is 0 Å². The number of carbonyl (C=O) groups is 2. The molecule has 0 aliphatic carbocycles. The lowest BCUT2D eigenvalue weighted by molar-refractivity contribution is -0.371. The Morgan fingerprint density at radius 2 is 1.05 bits per heavy atom. The summed E-state index contributed by atoms with van der Waals surface area (Å²) in [5.41, 5.74) is 18.2. The van der Waals surface area contributed by atoms with Crippen LogP contribution in [0.3, 0.4) is 0 Å². The van der Waals surface area contributed by atoms with Crippen LogP contribution in [0.4, 0.5) is 0 Å². The van der Waals surface area contributed by atoms with Gasteiger partial charge in [0.15, 0.2) is 0 Å². The first-order chi connectivity index (χ1) is 9.52. The summed E-state index contributed by atoms with van der Waals surface area (Å²) < 4.78 is 0. The number of carbonyl (C=O) groups excluding carboxylic acids is 2. The molecule has 0 saturated heterocycles. The first-order valence-corrected chi connectivity index (χ1v) is 6.81. The van der Waals surface area contributed by atoms with Crippen LogP contribution in [0.5, 0.6) is 0 Å². The third kappa shape index (κ3) is 8.23. The number of hydrogen-bond acceptors (Lipinski definition) is 2. The summed E-state index contributed by atoms with van der Waals surface area (Å²) >= 11 is 0. The summed E-state index contributed by atoms with van der Waals surface area (Å²) in [6, 6.07) is 5.84. The number of unbranched alkanes of at least 4 members (excludes halogenated alkanes) is 3. The van der Waals surface area contributed by atoms with E-state index in [0.29, 0.717) is 11.1 Å². The average molecular weight is 282 g/mol. The maximum atomic E-state index is 10.6. The van der Waals surface area contributed by atoms with Crippen molar-refractivity contribution in [2.45, 2.75) is 25.7 Å². The topological polar surface area (TPSA) is 141 Å². The Bertz CT molecular complexity index is 365. The van der Waals surface area contributed by atoms with Crippen molar-refractivity contribution >= 4 is 11.8 Å². The highest BCUT2D eigenvalue weighted by Gasteiger charge is 2.02. The molecule has 6 heteroatoms. The van der Waals surface area contributed by atoms with Crippen molar-refractivity contribution in [3.05, 3.63) is 35.4 Å². The highest BCUT2D eigenvalue weighted by atomic mass is 16.1. The van der Waals surface area contributed by atoms with Crippen molar-refractivity contribution in [3.63, 3.8) is 0 Å². The molecule has 112 valence electrons. The molecule has 0 radical (unpaired) electrons. The van der Waals surface area contributed by atoms with E-state index in [0.717, 1.165) is 13.1 Å². The first-order valence-electron chi connectivity index (χ1n) is 6.81. The maximum Gasteiger partial charge on any atom is 0.248 e. The number of nitrogens with two attached hydrogens (primary N) is 2. The lowest BCUT2D eigenvalue weighted by Gasteiger charge is -1.96. The molecule has 6 nitrogen and oxygen atoms in total. The Labute approximate surface area is 119 Å². The molecule has 0 saturated carbocycles. The highest BCUT2D eigenvalue weighted by molar-refractivity contribution is 5.96. The summed E-state index contributed by atoms with van der Waals surface area (Å²) in [6.45, 7) is 2.19. The van der Waals surface area contributed by atoms with E-state index >= 15 is 0 Å². The first kappa shape index (κ1) is 18.1. The normalized spacial score (nSPS) is 9.50. The van der Waals surface area contributed by atoms with Crippen LogP contribution in [0.15, 0.2) is 24.3 Å². The van der Waals surface area contributed by atoms with E-state index in [9.17, 15) is 9.59 Å². The number of primary amides is 2. The van der Waals surface area contributed by atoms with Gasteiger partial charge in [-0.15, -0.1) is 0 Å². The molecule has 1 aromatic carbocycles. The van der Waals surface area contributed by atoms with Gasteiger partial charge < -0.3 is 22.9 Å². The minimum atomic E-state index is -0.522. The quantitative estimate of drug-likeness (QED) is 0.472. The zero-order valence-electron chi connectivity index (χ0n) is 11.9. The molecule has 0 spiro atoms. The molecule has 0 heterocycles. The maximum absolute atomic E-state index is 10.6. The monoisotopic (exact) mass is 282 g/mol. The Morgan fingerprint density at radius 3 is 1.25 bits per heavy atom. The van der Waals surface area contributed by atoms with Gasteiger partial charge in [0.2, 0.25) is 11.8 Å². The number of hydrogen-bond donors (Lipinski definition) is 4. The summed E-state index contributed by atoms with van der Waals surface area (Å²) in [5.74, 6) is -1.04. The lowest BCUT2D eigenvalue weighted by atomic mass is 10.1. The van der Waals surface area contributed by atoms with Gasteiger partial charge >= 0.3 is 0 Å². The van der Waals surface area contributed by atoms with E-state index in [4.69, 9.17) is 11.5 Å². The predicted octanol–water partition coefficient (Wildman–Crippen LogP) is -1.08. The van der Waals surface area contributed by atoms with E-state index in [1.54, 1.807) is 0 Å². The summed E-state index contributed by atoms with van der Waals surface area (Å²) in [5, 5.41) is 0. The summed E-state index contributed by atoms with van der Waals surface area (Å²) in [6.07, 6.45) is 5.28. The molecule has 2 amide bonds. The largest absolute Gasteiger partial charge is 0.366 e. The van der Waals surface area contributed by atoms with Crippen molar-refractivity contribution in [3.8, 4) is 0 Å². The van der Waals surface area contributed by atoms with Crippen LogP contribution in [0.1, 0.15) is 46.4 Å². The van der Waals surface area contributed by atoms with Crippen molar-refractivity contribution in [2.24, 2.45) is 11.5 Å². The van der Waals surface area contributed by atoms with Crippen LogP contribution in [-0.4, -0.2) is 24.9 Å². The van der Waals surface area contributed by atoms with Gasteiger partial charge in [-0.3, -0.25) is 9.59 Å². The van der Waals surface area contributed by atoms with Gasteiger partial charge in [0.05, 0.1) is 13.1 Å². The molecular formula is C14H26N4O2+2. The van der Waals surface area contributed by atoms with Crippen LogP contribution in [0, 0.1) is 0 Å². The number of benzene rings is 1. The van der Waals surface area contributed by atoms with Crippen molar-refractivity contribution in [2.75, 3.05) is 13.1 Å². The average Bonchev–Trinajstić information content (AvgIpc) is 2.44. The number of rotatable bonds is 7. The smallest absolute Gasteiger partial charge is 0.248 e. The molecule has 0 aromatic heterocycles. The molecule has 0 fully saturated rings. The van der Waals surface area contributed by atoms with Gasteiger partial charge in [0, 0.05) is 11.1 Å². The van der Waals surface area contributed by atoms with E-state index in [2.05, 4.69) is 11.5 Å². The zero-order chi connectivity index (χ0) is 15.4. The summed E-state index contributed by atoms with van der Waals surface area (Å²) in [4.78, 5) is 21.2. The van der Waals surface area contributed by atoms with Crippen LogP contribution >= 0.6 is 0 Å². The molecule has 0 aliphatic rings. The molecule has 0 atom stereocenters. The highest BCUT2D eigenvalue weighted by Crippen LogP contribution is 2.02. The SMILES string of the molecule is NC(=O)c1ccc(C(N)=O)cc1.[NH3+]CCCCCC[NH3+]. The van der Waals surface area contributed by atoms with Gasteiger partial charge in [-0.05, 0) is 49.9 Å². The molecule has 0 aliphatic heterocycles. The van der Waals surface area contributed by atoms with Crippen LogP contribution in [0.2, 0.25) is 0 Å². The summed E-state index contributed by atoms with van der Waals surface area (Å²) in [7, 11) is 0.